The van der Waals surface area contributed by atoms with E-state index in [2.05, 4.69) is 25.1 Å². The first-order chi connectivity index (χ1) is 8.20. The fraction of sp³-hybridized carbons (Fsp3) is 0.400. The number of rotatable bonds is 4. The van der Waals surface area contributed by atoms with E-state index < -0.39 is 0 Å². The number of nitrogens with one attached hydrogen (secondary N) is 1. The molecule has 0 aromatic carbocycles. The van der Waals surface area contributed by atoms with Crippen LogP contribution in [0.1, 0.15) is 24.4 Å². The van der Waals surface area contributed by atoms with Gasteiger partial charge in [0.25, 0.3) is 0 Å². The van der Waals surface area contributed by atoms with Gasteiger partial charge in [-0.25, -0.2) is 4.98 Å². The van der Waals surface area contributed by atoms with E-state index in [-0.39, 0.29) is 18.4 Å². The average Bonchev–Trinajstić information content (AvgIpc) is 2.82. The van der Waals surface area contributed by atoms with Gasteiger partial charge in [-0.3, -0.25) is 4.79 Å². The topological polar surface area (TPSA) is 107 Å². The maximum atomic E-state index is 11.0. The van der Waals surface area contributed by atoms with Gasteiger partial charge in [0.1, 0.15) is 5.52 Å². The number of nitrogens with two attached hydrogens (primary N) is 1. The number of ether oxygens (including phenoxy) is 1. The number of H-pyrrole nitrogens is 1. The minimum absolute atomic E-state index is 0.261. The molecule has 0 aliphatic heterocycles. The molecule has 2 aromatic heterocycles. The number of hydrogen-bond acceptors (Lipinski definition) is 6. The lowest BCUT2D eigenvalue weighted by molar-refractivity contribution is -0.140. The summed E-state index contributed by atoms with van der Waals surface area (Å²) in [6.07, 6.45) is 2.44. The molecule has 0 bridgehead atoms. The lowest BCUT2D eigenvalue weighted by Crippen LogP contribution is -2.13. The second kappa shape index (κ2) is 4.88. The second-order valence-electron chi connectivity index (χ2n) is 3.66. The Balaban J connectivity index is 2.07. The predicted molar refractivity (Wildman–Crippen MR) is 59.9 cm³/mol. The average molecular weight is 235 g/mol. The van der Waals surface area contributed by atoms with Crippen molar-refractivity contribution in [2.24, 2.45) is 5.73 Å². The van der Waals surface area contributed by atoms with Gasteiger partial charge in [-0.1, -0.05) is 0 Å². The lowest BCUT2D eigenvalue weighted by Gasteiger charge is -2.10. The number of fused-ring (bicyclic) bond motifs is 1. The molecule has 2 heterocycles. The molecule has 0 amide bonds. The molecule has 1 unspecified atom stereocenters. The number of methoxy groups -OCH3 is 1. The SMILES string of the molecule is COC(=O)CCC(N)c1cnc2n[nH]nc2c1. The van der Waals surface area contributed by atoms with E-state index in [0.717, 1.165) is 5.56 Å². The van der Waals surface area contributed by atoms with Crippen LogP contribution in [-0.4, -0.2) is 33.5 Å². The molecule has 7 heteroatoms. The van der Waals surface area contributed by atoms with Crippen LogP contribution in [0.2, 0.25) is 0 Å². The Morgan fingerprint density at radius 3 is 3.18 bits per heavy atom. The second-order valence-corrected chi connectivity index (χ2v) is 3.66. The van der Waals surface area contributed by atoms with Gasteiger partial charge in [0.2, 0.25) is 5.65 Å². The largest absolute Gasteiger partial charge is 0.469 e. The van der Waals surface area contributed by atoms with Gasteiger partial charge in [0.05, 0.1) is 7.11 Å². The molecule has 17 heavy (non-hydrogen) atoms. The van der Waals surface area contributed by atoms with Crippen molar-refractivity contribution in [3.8, 4) is 0 Å². The number of aromatic amines is 1. The summed E-state index contributed by atoms with van der Waals surface area (Å²) in [4.78, 5) is 15.1. The van der Waals surface area contributed by atoms with Crippen LogP contribution in [0.25, 0.3) is 11.2 Å². The highest BCUT2D eigenvalue weighted by Crippen LogP contribution is 2.17. The highest BCUT2D eigenvalue weighted by atomic mass is 16.5. The number of nitrogens with zero attached hydrogens (tertiary/aromatic N) is 3. The van der Waals surface area contributed by atoms with Crippen LogP contribution in [0.15, 0.2) is 12.3 Å². The molecule has 2 rings (SSSR count). The van der Waals surface area contributed by atoms with Crippen LogP contribution in [0.5, 0.6) is 0 Å². The van der Waals surface area contributed by atoms with Crippen LogP contribution >= 0.6 is 0 Å². The van der Waals surface area contributed by atoms with Gasteiger partial charge in [-0.15, -0.1) is 5.10 Å². The van der Waals surface area contributed by atoms with Crippen LogP contribution in [-0.2, 0) is 9.53 Å². The molecule has 0 spiro atoms. The number of esters is 1. The first-order valence-corrected chi connectivity index (χ1v) is 5.19. The monoisotopic (exact) mass is 235 g/mol. The number of pyridine rings is 1. The van der Waals surface area contributed by atoms with Crippen molar-refractivity contribution < 1.29 is 9.53 Å². The fourth-order valence-electron chi connectivity index (χ4n) is 1.50. The van der Waals surface area contributed by atoms with Crippen LogP contribution in [0, 0.1) is 0 Å². The standard InChI is InChI=1S/C10H13N5O2/c1-17-9(16)3-2-7(11)6-4-8-10(12-5-6)14-15-13-8/h4-5,7H,2-3,11H2,1H3,(H,12,13,14,15). The summed E-state index contributed by atoms with van der Waals surface area (Å²) in [5.74, 6) is -0.268. The summed E-state index contributed by atoms with van der Waals surface area (Å²) in [5, 5.41) is 10.3. The van der Waals surface area contributed by atoms with Crippen molar-refractivity contribution >= 4 is 17.1 Å². The summed E-state index contributed by atoms with van der Waals surface area (Å²) in [7, 11) is 1.36. The number of carbonyl (C=O) groups is 1. The van der Waals surface area contributed by atoms with E-state index in [1.807, 2.05) is 6.07 Å². The van der Waals surface area contributed by atoms with Crippen molar-refractivity contribution in [2.75, 3.05) is 7.11 Å². The van der Waals surface area contributed by atoms with Gasteiger partial charge < -0.3 is 10.5 Å². The van der Waals surface area contributed by atoms with Gasteiger partial charge in [0.15, 0.2) is 0 Å². The third-order valence-electron chi connectivity index (χ3n) is 2.51. The molecule has 7 nitrogen and oxygen atoms in total. The van der Waals surface area contributed by atoms with Crippen LogP contribution < -0.4 is 5.73 Å². The van der Waals surface area contributed by atoms with E-state index in [1.54, 1.807) is 6.20 Å². The summed E-state index contributed by atoms with van der Waals surface area (Å²) in [6, 6.07) is 1.55. The summed E-state index contributed by atoms with van der Waals surface area (Å²) in [5.41, 5.74) is 7.99. The predicted octanol–water partition coefficient (Wildman–Crippen LogP) is 0.306. The Morgan fingerprint density at radius 2 is 2.41 bits per heavy atom. The van der Waals surface area contributed by atoms with Crippen molar-refractivity contribution in [1.82, 2.24) is 20.4 Å². The van der Waals surface area contributed by atoms with Crippen LogP contribution in [0.3, 0.4) is 0 Å². The number of aromatic nitrogens is 4. The van der Waals surface area contributed by atoms with Gasteiger partial charge in [-0.05, 0) is 18.1 Å². The Kier molecular flexibility index (Phi) is 3.29. The third-order valence-corrected chi connectivity index (χ3v) is 2.51. The Labute approximate surface area is 97.4 Å². The molecular weight excluding hydrogens is 222 g/mol. The van der Waals surface area contributed by atoms with Gasteiger partial charge in [-0.2, -0.15) is 10.3 Å². The molecular formula is C10H13N5O2. The summed E-state index contributed by atoms with van der Waals surface area (Å²) in [6.45, 7) is 0. The molecule has 90 valence electrons. The fourth-order valence-corrected chi connectivity index (χ4v) is 1.50. The smallest absolute Gasteiger partial charge is 0.305 e. The van der Waals surface area contributed by atoms with E-state index >= 15 is 0 Å². The Bertz CT molecular complexity index is 524. The maximum absolute atomic E-state index is 11.0. The molecule has 0 radical (unpaired) electrons. The first kappa shape index (κ1) is 11.5. The van der Waals surface area contributed by atoms with E-state index in [1.165, 1.54) is 7.11 Å². The van der Waals surface area contributed by atoms with Crippen molar-refractivity contribution in [3.05, 3.63) is 17.8 Å². The maximum Gasteiger partial charge on any atom is 0.305 e. The van der Waals surface area contributed by atoms with Crippen LogP contribution in [0.4, 0.5) is 0 Å². The molecule has 1 atom stereocenters. The summed E-state index contributed by atoms with van der Waals surface area (Å²) < 4.78 is 4.56. The molecule has 0 aliphatic rings. The highest BCUT2D eigenvalue weighted by Gasteiger charge is 2.11. The molecule has 0 saturated heterocycles. The Hall–Kier alpha value is -2.02. The molecule has 3 N–H and O–H groups in total. The van der Waals surface area contributed by atoms with Crippen molar-refractivity contribution in [3.63, 3.8) is 0 Å². The van der Waals surface area contributed by atoms with E-state index in [0.29, 0.717) is 17.6 Å². The van der Waals surface area contributed by atoms with Gasteiger partial charge in [0, 0.05) is 18.7 Å². The summed E-state index contributed by atoms with van der Waals surface area (Å²) >= 11 is 0. The molecule has 0 saturated carbocycles. The zero-order chi connectivity index (χ0) is 12.3. The first-order valence-electron chi connectivity index (χ1n) is 5.19. The minimum Gasteiger partial charge on any atom is -0.469 e. The lowest BCUT2D eigenvalue weighted by atomic mass is 10.0. The highest BCUT2D eigenvalue weighted by molar-refractivity contribution is 5.70. The molecule has 0 fully saturated rings. The van der Waals surface area contributed by atoms with Crippen molar-refractivity contribution in [2.45, 2.75) is 18.9 Å². The normalized spacial score (nSPS) is 12.6. The van der Waals surface area contributed by atoms with Crippen molar-refractivity contribution in [1.29, 1.82) is 0 Å². The molecule has 2 aromatic rings. The number of carbonyl (C=O) groups excluding carboxylic acids is 1. The zero-order valence-corrected chi connectivity index (χ0v) is 9.38. The minimum atomic E-state index is -0.268. The van der Waals surface area contributed by atoms with E-state index in [9.17, 15) is 4.79 Å². The molecule has 0 aliphatic carbocycles. The van der Waals surface area contributed by atoms with Gasteiger partial charge >= 0.3 is 5.97 Å². The Morgan fingerprint density at radius 1 is 1.59 bits per heavy atom. The third kappa shape index (κ3) is 2.56. The quantitative estimate of drug-likeness (QED) is 0.738. The van der Waals surface area contributed by atoms with E-state index in [4.69, 9.17) is 5.73 Å². The zero-order valence-electron chi connectivity index (χ0n) is 9.38. The number of hydrogen-bond donors (Lipinski definition) is 2.